The molecule has 0 saturated carbocycles. The van der Waals surface area contributed by atoms with Crippen molar-refractivity contribution in [2.45, 2.75) is 19.8 Å². The molecular weight excluding hydrogens is 242 g/mol. The Morgan fingerprint density at radius 1 is 1.42 bits per heavy atom. The molecule has 0 spiro atoms. The number of nitrogens with one attached hydrogen (secondary N) is 1. The van der Waals surface area contributed by atoms with Gasteiger partial charge in [-0.15, -0.1) is 0 Å². The molecule has 0 bridgehead atoms. The van der Waals surface area contributed by atoms with E-state index >= 15 is 0 Å². The maximum Gasteiger partial charge on any atom is 0.305 e. The van der Waals surface area contributed by atoms with E-state index in [2.05, 4.69) is 10.3 Å². The lowest BCUT2D eigenvalue weighted by atomic mass is 10.3. The minimum atomic E-state index is -0.144. The number of para-hydroxylation sites is 2. The van der Waals surface area contributed by atoms with E-state index in [1.165, 1.54) is 0 Å². The second-order valence-corrected chi connectivity index (χ2v) is 4.32. The summed E-state index contributed by atoms with van der Waals surface area (Å²) in [7, 11) is 1.98. The van der Waals surface area contributed by atoms with E-state index in [0.717, 1.165) is 23.4 Å². The quantitative estimate of drug-likeness (QED) is 0.640. The number of fused-ring (bicyclic) bond motifs is 1. The van der Waals surface area contributed by atoms with Crippen LogP contribution in [0.4, 0.5) is 5.95 Å². The van der Waals surface area contributed by atoms with Crippen molar-refractivity contribution in [1.82, 2.24) is 9.55 Å². The monoisotopic (exact) mass is 261 g/mol. The third-order valence-electron chi connectivity index (χ3n) is 2.93. The number of anilines is 1. The molecule has 2 aromatic rings. The van der Waals surface area contributed by atoms with Gasteiger partial charge >= 0.3 is 5.97 Å². The van der Waals surface area contributed by atoms with Crippen LogP contribution < -0.4 is 5.32 Å². The number of aromatic nitrogens is 2. The zero-order chi connectivity index (χ0) is 13.7. The summed E-state index contributed by atoms with van der Waals surface area (Å²) in [5.41, 5.74) is 2.06. The largest absolute Gasteiger partial charge is 0.466 e. The number of rotatable bonds is 6. The van der Waals surface area contributed by atoms with Crippen molar-refractivity contribution in [3.63, 3.8) is 0 Å². The highest BCUT2D eigenvalue weighted by atomic mass is 16.5. The first-order chi connectivity index (χ1) is 9.22. The Labute approximate surface area is 112 Å². The molecule has 0 amide bonds. The van der Waals surface area contributed by atoms with Gasteiger partial charge < -0.3 is 14.6 Å². The first kappa shape index (κ1) is 13.4. The van der Waals surface area contributed by atoms with E-state index in [4.69, 9.17) is 4.74 Å². The topological polar surface area (TPSA) is 56.1 Å². The van der Waals surface area contributed by atoms with Crippen molar-refractivity contribution < 1.29 is 9.53 Å². The minimum absolute atomic E-state index is 0.144. The Bertz CT molecular complexity index is 563. The third-order valence-corrected chi connectivity index (χ3v) is 2.93. The van der Waals surface area contributed by atoms with Gasteiger partial charge in [-0.1, -0.05) is 12.1 Å². The smallest absolute Gasteiger partial charge is 0.305 e. The van der Waals surface area contributed by atoms with Gasteiger partial charge in [0.25, 0.3) is 0 Å². The van der Waals surface area contributed by atoms with Crippen molar-refractivity contribution in [1.29, 1.82) is 0 Å². The summed E-state index contributed by atoms with van der Waals surface area (Å²) in [5, 5.41) is 3.24. The predicted molar refractivity (Wildman–Crippen MR) is 75.1 cm³/mol. The van der Waals surface area contributed by atoms with Gasteiger partial charge in [-0.25, -0.2) is 4.98 Å². The van der Waals surface area contributed by atoms with E-state index < -0.39 is 0 Å². The molecule has 1 N–H and O–H groups in total. The first-order valence-corrected chi connectivity index (χ1v) is 6.53. The lowest BCUT2D eigenvalue weighted by molar-refractivity contribution is -0.143. The first-order valence-electron chi connectivity index (χ1n) is 6.53. The Kier molecular flexibility index (Phi) is 4.39. The van der Waals surface area contributed by atoms with Gasteiger partial charge in [0.2, 0.25) is 5.95 Å². The number of carbonyl (C=O) groups is 1. The number of nitrogens with zero attached hydrogens (tertiary/aromatic N) is 2. The van der Waals surface area contributed by atoms with Crippen LogP contribution in [0.1, 0.15) is 19.8 Å². The molecule has 0 atom stereocenters. The molecule has 0 aliphatic rings. The third kappa shape index (κ3) is 3.24. The fourth-order valence-corrected chi connectivity index (χ4v) is 1.97. The van der Waals surface area contributed by atoms with Gasteiger partial charge in [0, 0.05) is 20.0 Å². The Morgan fingerprint density at radius 2 is 2.21 bits per heavy atom. The van der Waals surface area contributed by atoms with Gasteiger partial charge in [0.05, 0.1) is 17.6 Å². The molecule has 102 valence electrons. The van der Waals surface area contributed by atoms with E-state index in [1.807, 2.05) is 42.8 Å². The zero-order valence-electron chi connectivity index (χ0n) is 11.3. The maximum absolute atomic E-state index is 11.2. The normalized spacial score (nSPS) is 10.6. The molecule has 2 rings (SSSR count). The van der Waals surface area contributed by atoms with Crippen LogP contribution in [0, 0.1) is 0 Å². The molecule has 1 aromatic heterocycles. The number of esters is 1. The van der Waals surface area contributed by atoms with Crippen molar-refractivity contribution in [3.8, 4) is 0 Å². The summed E-state index contributed by atoms with van der Waals surface area (Å²) < 4.78 is 6.89. The highest BCUT2D eigenvalue weighted by Gasteiger charge is 2.06. The van der Waals surface area contributed by atoms with Crippen molar-refractivity contribution in [2.75, 3.05) is 18.5 Å². The zero-order valence-corrected chi connectivity index (χ0v) is 11.3. The van der Waals surface area contributed by atoms with Crippen LogP contribution in [0.2, 0.25) is 0 Å². The van der Waals surface area contributed by atoms with Gasteiger partial charge in [-0.2, -0.15) is 0 Å². The lowest BCUT2D eigenvalue weighted by Crippen LogP contribution is -2.10. The van der Waals surface area contributed by atoms with E-state index in [-0.39, 0.29) is 5.97 Å². The Hall–Kier alpha value is -2.04. The summed E-state index contributed by atoms with van der Waals surface area (Å²) in [6.45, 7) is 2.96. The van der Waals surface area contributed by atoms with Crippen LogP contribution in [0.15, 0.2) is 24.3 Å². The Balaban J connectivity index is 1.88. The molecule has 0 unspecified atom stereocenters. The number of carbonyl (C=O) groups excluding carboxylic acids is 1. The van der Waals surface area contributed by atoms with Crippen LogP contribution >= 0.6 is 0 Å². The van der Waals surface area contributed by atoms with E-state index in [0.29, 0.717) is 19.6 Å². The minimum Gasteiger partial charge on any atom is -0.466 e. The predicted octanol–water partition coefficient (Wildman–Crippen LogP) is 2.33. The summed E-state index contributed by atoms with van der Waals surface area (Å²) in [4.78, 5) is 15.7. The molecule has 0 aliphatic carbocycles. The molecule has 0 radical (unpaired) electrons. The van der Waals surface area contributed by atoms with Crippen molar-refractivity contribution in [2.24, 2.45) is 7.05 Å². The van der Waals surface area contributed by atoms with Crippen LogP contribution in [-0.4, -0.2) is 28.7 Å². The summed E-state index contributed by atoms with van der Waals surface area (Å²) in [6.07, 6.45) is 1.17. The van der Waals surface area contributed by atoms with E-state index in [1.54, 1.807) is 0 Å². The fourth-order valence-electron chi connectivity index (χ4n) is 1.97. The van der Waals surface area contributed by atoms with Crippen LogP contribution in [0.5, 0.6) is 0 Å². The molecule has 1 aromatic carbocycles. The van der Waals surface area contributed by atoms with Crippen molar-refractivity contribution >= 4 is 23.0 Å². The summed E-state index contributed by atoms with van der Waals surface area (Å²) >= 11 is 0. The summed E-state index contributed by atoms with van der Waals surface area (Å²) in [6, 6.07) is 7.99. The standard InChI is InChI=1S/C14H19N3O2/c1-3-19-13(18)9-6-10-15-14-16-11-7-4-5-8-12(11)17(14)2/h4-5,7-8H,3,6,9-10H2,1-2H3,(H,15,16). The summed E-state index contributed by atoms with van der Waals surface area (Å²) in [5.74, 6) is 0.680. The van der Waals surface area contributed by atoms with Crippen molar-refractivity contribution in [3.05, 3.63) is 24.3 Å². The molecular formula is C14H19N3O2. The van der Waals surface area contributed by atoms with Gasteiger partial charge in [0.15, 0.2) is 0 Å². The molecule has 1 heterocycles. The number of aryl methyl sites for hydroxylation is 1. The highest BCUT2D eigenvalue weighted by Crippen LogP contribution is 2.17. The maximum atomic E-state index is 11.2. The molecule has 0 fully saturated rings. The van der Waals surface area contributed by atoms with E-state index in [9.17, 15) is 4.79 Å². The van der Waals surface area contributed by atoms with Crippen LogP contribution in [-0.2, 0) is 16.6 Å². The van der Waals surface area contributed by atoms with Gasteiger partial charge in [0.1, 0.15) is 0 Å². The number of imidazole rings is 1. The Morgan fingerprint density at radius 3 is 2.95 bits per heavy atom. The average Bonchev–Trinajstić information content (AvgIpc) is 2.73. The molecule has 5 heteroatoms. The molecule has 0 saturated heterocycles. The van der Waals surface area contributed by atoms with Gasteiger partial charge in [-0.3, -0.25) is 4.79 Å². The van der Waals surface area contributed by atoms with Crippen LogP contribution in [0.3, 0.4) is 0 Å². The number of hydrogen-bond donors (Lipinski definition) is 1. The number of ether oxygens (including phenoxy) is 1. The molecule has 0 aliphatic heterocycles. The molecule has 5 nitrogen and oxygen atoms in total. The number of hydrogen-bond acceptors (Lipinski definition) is 4. The molecule has 19 heavy (non-hydrogen) atoms. The lowest BCUT2D eigenvalue weighted by Gasteiger charge is -2.06. The number of benzene rings is 1. The fraction of sp³-hybridized carbons (Fsp3) is 0.429. The highest BCUT2D eigenvalue weighted by molar-refractivity contribution is 5.78. The SMILES string of the molecule is CCOC(=O)CCCNc1nc2ccccc2n1C. The second-order valence-electron chi connectivity index (χ2n) is 4.32. The second kappa shape index (κ2) is 6.22. The average molecular weight is 261 g/mol. The van der Waals surface area contributed by atoms with Gasteiger partial charge in [-0.05, 0) is 25.5 Å². The van der Waals surface area contributed by atoms with Crippen LogP contribution in [0.25, 0.3) is 11.0 Å².